The first-order valence-electron chi connectivity index (χ1n) is 32.1. The van der Waals surface area contributed by atoms with E-state index in [1.54, 1.807) is 0 Å². The number of aliphatic hydroxyl groups is 6. The van der Waals surface area contributed by atoms with Crippen molar-refractivity contribution in [3.05, 3.63) is 59.7 Å². The third kappa shape index (κ3) is 19.1. The van der Waals surface area contributed by atoms with Crippen molar-refractivity contribution in [2.75, 3.05) is 52.4 Å². The Balaban J connectivity index is 1.06. The number of nitrogens with two attached hydrogens (primary N) is 3. The average molecular weight is 1340 g/mol. The molecule has 10 amide bonds. The average Bonchev–Trinajstić information content (AvgIpc) is 1.65. The van der Waals surface area contributed by atoms with E-state index < -0.39 is 214 Å². The first kappa shape index (κ1) is 74.2. The summed E-state index contributed by atoms with van der Waals surface area (Å²) in [5, 5.41) is 108. The van der Waals surface area contributed by atoms with Crippen LogP contribution in [0.1, 0.15) is 95.1 Å². The van der Waals surface area contributed by atoms with Crippen molar-refractivity contribution in [2.24, 2.45) is 17.2 Å². The number of unbranched alkanes of at least 4 members (excludes halogenated alkanes) is 2. The topological polar surface area (TPSA) is 524 Å². The van der Waals surface area contributed by atoms with Gasteiger partial charge in [0.1, 0.15) is 71.9 Å². The van der Waals surface area contributed by atoms with E-state index in [0.29, 0.717) is 56.2 Å². The van der Waals surface area contributed by atoms with E-state index in [1.165, 1.54) is 53.4 Å². The van der Waals surface area contributed by atoms with Crippen LogP contribution in [-0.2, 0) is 65.6 Å². The zero-order valence-electron chi connectivity index (χ0n) is 52.9. The Morgan fingerprint density at radius 2 is 0.916 bits per heavy atom. The monoisotopic (exact) mass is 1340 g/mol. The molecule has 0 bridgehead atoms. The van der Waals surface area contributed by atoms with E-state index in [0.717, 1.165) is 26.5 Å². The molecular formula is C62H91N13O20. The maximum absolute atomic E-state index is 14.9. The summed E-state index contributed by atoms with van der Waals surface area (Å²) in [7, 11) is 0. The number of likely N-dealkylation sites (tertiary alicyclic amines) is 5. The molecule has 0 saturated carbocycles. The first-order valence-corrected chi connectivity index (χ1v) is 32.1. The summed E-state index contributed by atoms with van der Waals surface area (Å²) in [5.74, 6) is -10.9. The third-order valence-corrected chi connectivity index (χ3v) is 18.0. The van der Waals surface area contributed by atoms with Gasteiger partial charge in [-0.3, -0.25) is 47.9 Å². The molecule has 524 valence electrons. The molecule has 7 rings (SSSR count). The standard InChI is InChI=1S/C62H91N13O20/c1-32(77)51(56(88)68-44(22-34-12-16-36(79)17-13-34)58(90)72-27-37(80)23-47(72)54(86)66-42(62(94)95)8-3-5-19-64)70-55(87)48-24-38(81)28-73(48)60(92)50-26-40(83)30-75(50)61(93)49-25-39(82)29-74(49)59(91)43(21-33-10-14-35(78)15-11-33)67-52(84)45(31-76)69-53(85)46-9-6-20-71(46)57(89)41(65)7-2-4-18-63/h10-17,32,37-51,76-83H,2-9,18-31,63-65H2,1H3,(H,66,86)(H,67,84)(H,68,88)(H,69,85)(H,70,87)(H,94,95)/t32-,37-,38-,39-,40-,41+,42+,43+,44+,45+,46+,47+,48+,49+,50+,51+/m1/s1. The quantitative estimate of drug-likeness (QED) is 0.0323. The van der Waals surface area contributed by atoms with Gasteiger partial charge in [0.2, 0.25) is 59.1 Å². The second-order valence-corrected chi connectivity index (χ2v) is 25.2. The van der Waals surface area contributed by atoms with Gasteiger partial charge in [-0.15, -0.1) is 0 Å². The largest absolute Gasteiger partial charge is 0.508 e. The van der Waals surface area contributed by atoms with Crippen LogP contribution < -0.4 is 43.8 Å². The Morgan fingerprint density at radius 1 is 0.505 bits per heavy atom. The second-order valence-electron chi connectivity index (χ2n) is 25.2. The number of β-amino-alcohol motifs (C(OH)–C–C–N with tert-alkyl or cyclic N) is 4. The SMILES string of the molecule is C[C@@H](O)[C@H](NC(=O)[C@@H]1C[C@@H](O)CN1C(=O)[C@@H]1C[C@@H](O)CN1C(=O)[C@@H]1C[C@@H](O)CN1C(=O)[C@H](Cc1ccc(O)cc1)NC(=O)[C@H](CO)NC(=O)[C@@H]1CCCN1C(=O)[C@@H](N)CCCCN)C(=O)N[C@@H](Cc1ccc(O)cc1)C(=O)N1C[C@H](O)C[C@H]1C(=O)N[C@@H](CCCCN)C(=O)O. The molecule has 20 N–H and O–H groups in total. The normalized spacial score (nSPS) is 24.8. The molecule has 95 heavy (non-hydrogen) atoms. The summed E-state index contributed by atoms with van der Waals surface area (Å²) in [6.45, 7) is -0.885. The highest BCUT2D eigenvalue weighted by molar-refractivity contribution is 6.00. The van der Waals surface area contributed by atoms with Crippen molar-refractivity contribution < 1.29 is 98.7 Å². The summed E-state index contributed by atoms with van der Waals surface area (Å²) in [4.78, 5) is 160. The Morgan fingerprint density at radius 3 is 1.40 bits per heavy atom. The van der Waals surface area contributed by atoms with Crippen molar-refractivity contribution in [1.29, 1.82) is 0 Å². The molecule has 5 fully saturated rings. The van der Waals surface area contributed by atoms with Crippen molar-refractivity contribution in [3.63, 3.8) is 0 Å². The first-order chi connectivity index (χ1) is 45.1. The van der Waals surface area contributed by atoms with E-state index >= 15 is 0 Å². The minimum absolute atomic E-state index is 0.00888. The molecule has 33 heteroatoms. The number of phenolic OH excluding ortho intramolecular Hbond substituents is 2. The van der Waals surface area contributed by atoms with Gasteiger partial charge in [0, 0.05) is 71.2 Å². The van der Waals surface area contributed by atoms with Crippen molar-refractivity contribution in [1.82, 2.24) is 51.1 Å². The van der Waals surface area contributed by atoms with Gasteiger partial charge in [-0.1, -0.05) is 30.7 Å². The molecule has 5 saturated heterocycles. The van der Waals surface area contributed by atoms with Crippen LogP contribution in [0.4, 0.5) is 0 Å². The summed E-state index contributed by atoms with van der Waals surface area (Å²) < 4.78 is 0. The highest BCUT2D eigenvalue weighted by atomic mass is 16.4. The highest BCUT2D eigenvalue weighted by Gasteiger charge is 2.52. The van der Waals surface area contributed by atoms with Gasteiger partial charge in [0.15, 0.2) is 0 Å². The number of rotatable bonds is 30. The summed E-state index contributed by atoms with van der Waals surface area (Å²) in [6.07, 6.45) is -6.29. The lowest BCUT2D eigenvalue weighted by Crippen LogP contribution is -2.61. The number of hydrogen-bond acceptors (Lipinski definition) is 22. The number of benzene rings is 2. The highest BCUT2D eigenvalue weighted by Crippen LogP contribution is 2.31. The molecule has 2 aromatic carbocycles. The Labute approximate surface area is 547 Å². The van der Waals surface area contributed by atoms with Gasteiger partial charge in [-0.05, 0) is 100 Å². The predicted octanol–water partition coefficient (Wildman–Crippen LogP) is -6.81. The van der Waals surface area contributed by atoms with Gasteiger partial charge < -0.3 is 114 Å². The zero-order valence-corrected chi connectivity index (χ0v) is 52.9. The molecule has 5 aliphatic rings. The number of phenols is 2. The number of carboxylic acids is 1. The molecule has 33 nitrogen and oxygen atoms in total. The van der Waals surface area contributed by atoms with Crippen molar-refractivity contribution >= 4 is 65.0 Å². The Bertz CT molecular complexity index is 3060. The van der Waals surface area contributed by atoms with Crippen LogP contribution in [0, 0.1) is 0 Å². The van der Waals surface area contributed by atoms with Crippen LogP contribution in [0.2, 0.25) is 0 Å². The van der Waals surface area contributed by atoms with Crippen molar-refractivity contribution in [3.8, 4) is 11.5 Å². The number of amides is 10. The van der Waals surface area contributed by atoms with E-state index in [4.69, 9.17) is 17.2 Å². The number of hydrogen-bond donors (Lipinski definition) is 17. The fourth-order valence-electron chi connectivity index (χ4n) is 12.9. The lowest BCUT2D eigenvalue weighted by Gasteiger charge is -2.35. The minimum Gasteiger partial charge on any atom is -0.508 e. The van der Waals surface area contributed by atoms with Gasteiger partial charge in [-0.2, -0.15) is 0 Å². The number of nitrogens with one attached hydrogen (secondary N) is 5. The molecule has 2 aromatic rings. The van der Waals surface area contributed by atoms with Gasteiger partial charge in [0.05, 0.1) is 43.2 Å². The Kier molecular flexibility index (Phi) is 26.6. The molecule has 0 radical (unpaired) electrons. The predicted molar refractivity (Wildman–Crippen MR) is 333 cm³/mol. The molecule has 0 aliphatic carbocycles. The van der Waals surface area contributed by atoms with Crippen LogP contribution in [0.3, 0.4) is 0 Å². The molecule has 0 aromatic heterocycles. The van der Waals surface area contributed by atoms with Crippen LogP contribution in [0.15, 0.2) is 48.5 Å². The summed E-state index contributed by atoms with van der Waals surface area (Å²) >= 11 is 0. The van der Waals surface area contributed by atoms with E-state index in [1.807, 2.05) is 0 Å². The second kappa shape index (κ2) is 34.0. The number of aliphatic carboxylic acids is 1. The lowest BCUT2D eigenvalue weighted by molar-refractivity contribution is -0.151. The number of aliphatic hydroxyl groups excluding tert-OH is 6. The maximum atomic E-state index is 14.9. The fraction of sp³-hybridized carbons (Fsp3) is 0.629. The smallest absolute Gasteiger partial charge is 0.326 e. The summed E-state index contributed by atoms with van der Waals surface area (Å²) in [6, 6.07) is -5.30. The minimum atomic E-state index is -1.90. The number of aromatic hydroxyl groups is 2. The zero-order chi connectivity index (χ0) is 69.5. The fourth-order valence-corrected chi connectivity index (χ4v) is 12.9. The van der Waals surface area contributed by atoms with Crippen LogP contribution in [0.25, 0.3) is 0 Å². The van der Waals surface area contributed by atoms with Crippen LogP contribution in [0.5, 0.6) is 11.5 Å². The van der Waals surface area contributed by atoms with Crippen molar-refractivity contribution in [2.45, 2.75) is 194 Å². The van der Waals surface area contributed by atoms with Crippen LogP contribution >= 0.6 is 0 Å². The molecular weight excluding hydrogens is 1250 g/mol. The van der Waals surface area contributed by atoms with E-state index in [-0.39, 0.29) is 56.7 Å². The molecule has 0 spiro atoms. The van der Waals surface area contributed by atoms with Crippen LogP contribution in [-0.4, -0.2) is 285 Å². The van der Waals surface area contributed by atoms with Gasteiger partial charge in [-0.25, -0.2) is 4.79 Å². The molecule has 5 aliphatic heterocycles. The lowest BCUT2D eigenvalue weighted by atomic mass is 10.0. The summed E-state index contributed by atoms with van der Waals surface area (Å²) in [5.41, 5.74) is 18.1. The molecule has 5 heterocycles. The number of carbonyl (C=O) groups is 11. The third-order valence-electron chi connectivity index (χ3n) is 18.0. The number of carbonyl (C=O) groups excluding carboxylic acids is 10. The Hall–Kier alpha value is -8.15. The van der Waals surface area contributed by atoms with E-state index in [9.17, 15) is 98.7 Å². The van der Waals surface area contributed by atoms with Gasteiger partial charge in [0.25, 0.3) is 0 Å². The van der Waals surface area contributed by atoms with E-state index in [2.05, 4.69) is 26.6 Å². The molecule has 16 atom stereocenters. The van der Waals surface area contributed by atoms with Gasteiger partial charge >= 0.3 is 5.97 Å². The number of nitrogens with zero attached hydrogens (tertiary/aromatic N) is 5. The molecule has 0 unspecified atom stereocenters. The maximum Gasteiger partial charge on any atom is 0.326 e. The number of carboxylic acid groups (broad SMARTS) is 1.